The van der Waals surface area contributed by atoms with Crippen LogP contribution in [-0.2, 0) is 9.59 Å². The van der Waals surface area contributed by atoms with E-state index >= 15 is 0 Å². The number of carbonyl (C=O) groups is 2. The number of piperazine rings is 1. The van der Waals surface area contributed by atoms with Crippen LogP contribution in [0, 0.1) is 0 Å². The van der Waals surface area contributed by atoms with Crippen molar-refractivity contribution in [3.63, 3.8) is 0 Å². The first-order chi connectivity index (χ1) is 9.27. The first-order valence-corrected chi connectivity index (χ1v) is 7.25. The van der Waals surface area contributed by atoms with Gasteiger partial charge in [-0.05, 0) is 20.4 Å². The van der Waals surface area contributed by atoms with E-state index in [1.54, 1.807) is 19.0 Å². The minimum atomic E-state index is -0.517. The lowest BCUT2D eigenvalue weighted by Gasteiger charge is -2.38. The van der Waals surface area contributed by atoms with Crippen LogP contribution in [0.4, 0.5) is 0 Å². The average Bonchev–Trinajstić information content (AvgIpc) is 2.38. The second kappa shape index (κ2) is 7.04. The fraction of sp³-hybridized carbons (Fsp3) is 0.857. The summed E-state index contributed by atoms with van der Waals surface area (Å²) < 4.78 is 0. The van der Waals surface area contributed by atoms with Crippen molar-refractivity contribution in [2.24, 2.45) is 0 Å². The van der Waals surface area contributed by atoms with Gasteiger partial charge in [-0.3, -0.25) is 14.5 Å². The van der Waals surface area contributed by atoms with Crippen molar-refractivity contribution in [1.82, 2.24) is 20.0 Å². The quantitative estimate of drug-likeness (QED) is 0.747. The maximum absolute atomic E-state index is 12.4. The van der Waals surface area contributed by atoms with Crippen molar-refractivity contribution in [1.29, 1.82) is 0 Å². The molecule has 0 aromatic rings. The van der Waals surface area contributed by atoms with Gasteiger partial charge in [0.2, 0.25) is 11.8 Å². The molecule has 1 saturated heterocycles. The highest BCUT2D eigenvalue weighted by molar-refractivity contribution is 5.85. The van der Waals surface area contributed by atoms with Crippen LogP contribution in [0.5, 0.6) is 0 Å². The van der Waals surface area contributed by atoms with Crippen molar-refractivity contribution in [3.05, 3.63) is 0 Å². The summed E-state index contributed by atoms with van der Waals surface area (Å²) in [7, 11) is 3.53. The number of amides is 2. The van der Waals surface area contributed by atoms with Gasteiger partial charge >= 0.3 is 0 Å². The van der Waals surface area contributed by atoms with Gasteiger partial charge in [0.25, 0.3) is 0 Å². The molecule has 20 heavy (non-hydrogen) atoms. The molecule has 116 valence electrons. The molecule has 1 N–H and O–H groups in total. The van der Waals surface area contributed by atoms with Crippen LogP contribution in [0.25, 0.3) is 0 Å². The molecule has 0 saturated carbocycles. The third kappa shape index (κ3) is 4.45. The van der Waals surface area contributed by atoms with Crippen LogP contribution in [0.3, 0.4) is 0 Å². The molecule has 1 aliphatic rings. The Morgan fingerprint density at radius 3 is 2.15 bits per heavy atom. The average molecular weight is 284 g/mol. The van der Waals surface area contributed by atoms with Crippen LogP contribution in [0.15, 0.2) is 0 Å². The fourth-order valence-corrected chi connectivity index (χ4v) is 2.35. The lowest BCUT2D eigenvalue weighted by Crippen LogP contribution is -2.59. The Morgan fingerprint density at radius 1 is 1.15 bits per heavy atom. The second-order valence-corrected chi connectivity index (χ2v) is 6.01. The standard InChI is InChI=1S/C14H28N4O2/c1-6-15-14(2,3)13(20)18-9-7-17(8-10-18)11-12(19)16(4)5/h15H,6-11H2,1-5H3. The molecule has 0 aliphatic carbocycles. The topological polar surface area (TPSA) is 55.9 Å². The zero-order valence-electron chi connectivity index (χ0n) is 13.4. The zero-order valence-corrected chi connectivity index (χ0v) is 13.4. The van der Waals surface area contributed by atoms with E-state index in [-0.39, 0.29) is 11.8 Å². The first kappa shape index (κ1) is 16.9. The van der Waals surface area contributed by atoms with E-state index in [2.05, 4.69) is 10.2 Å². The number of hydrogen-bond donors (Lipinski definition) is 1. The normalized spacial score (nSPS) is 17.1. The number of nitrogens with one attached hydrogen (secondary N) is 1. The molecule has 0 atom stereocenters. The molecule has 0 bridgehead atoms. The minimum Gasteiger partial charge on any atom is -0.348 e. The van der Waals surface area contributed by atoms with Crippen molar-refractivity contribution < 1.29 is 9.59 Å². The van der Waals surface area contributed by atoms with Crippen molar-refractivity contribution in [2.75, 3.05) is 53.4 Å². The van der Waals surface area contributed by atoms with Gasteiger partial charge in [-0.1, -0.05) is 6.92 Å². The van der Waals surface area contributed by atoms with E-state index in [4.69, 9.17) is 0 Å². The van der Waals surface area contributed by atoms with E-state index in [0.29, 0.717) is 19.6 Å². The van der Waals surface area contributed by atoms with E-state index in [1.807, 2.05) is 25.7 Å². The van der Waals surface area contributed by atoms with E-state index in [9.17, 15) is 9.59 Å². The summed E-state index contributed by atoms with van der Waals surface area (Å²) in [5.74, 6) is 0.246. The van der Waals surface area contributed by atoms with Crippen LogP contribution < -0.4 is 5.32 Å². The molecule has 2 amide bonds. The van der Waals surface area contributed by atoms with Crippen molar-refractivity contribution >= 4 is 11.8 Å². The predicted molar refractivity (Wildman–Crippen MR) is 79.5 cm³/mol. The number of rotatable bonds is 5. The van der Waals surface area contributed by atoms with Gasteiger partial charge in [0.05, 0.1) is 12.1 Å². The molecule has 1 fully saturated rings. The van der Waals surface area contributed by atoms with Gasteiger partial charge in [-0.15, -0.1) is 0 Å². The Balaban J connectivity index is 2.46. The number of nitrogens with zero attached hydrogens (tertiary/aromatic N) is 3. The highest BCUT2D eigenvalue weighted by atomic mass is 16.2. The van der Waals surface area contributed by atoms with Gasteiger partial charge < -0.3 is 15.1 Å². The summed E-state index contributed by atoms with van der Waals surface area (Å²) in [5, 5.41) is 3.21. The second-order valence-electron chi connectivity index (χ2n) is 6.01. The lowest BCUT2D eigenvalue weighted by molar-refractivity contribution is -0.139. The smallest absolute Gasteiger partial charge is 0.242 e. The van der Waals surface area contributed by atoms with Gasteiger partial charge in [0.1, 0.15) is 0 Å². The first-order valence-electron chi connectivity index (χ1n) is 7.25. The molecular weight excluding hydrogens is 256 g/mol. The molecule has 1 heterocycles. The van der Waals surface area contributed by atoms with Gasteiger partial charge in [0.15, 0.2) is 0 Å². The maximum atomic E-state index is 12.4. The molecule has 0 unspecified atom stereocenters. The summed E-state index contributed by atoms with van der Waals surface area (Å²) in [4.78, 5) is 29.7. The third-order valence-corrected chi connectivity index (χ3v) is 3.67. The monoisotopic (exact) mass is 284 g/mol. The van der Waals surface area contributed by atoms with E-state index < -0.39 is 5.54 Å². The molecule has 0 radical (unpaired) electrons. The highest BCUT2D eigenvalue weighted by Gasteiger charge is 2.33. The van der Waals surface area contributed by atoms with Crippen molar-refractivity contribution in [3.8, 4) is 0 Å². The molecule has 1 aliphatic heterocycles. The molecular formula is C14H28N4O2. The minimum absolute atomic E-state index is 0.109. The SMILES string of the molecule is CCNC(C)(C)C(=O)N1CCN(CC(=O)N(C)C)CC1. The highest BCUT2D eigenvalue weighted by Crippen LogP contribution is 2.11. The summed E-state index contributed by atoms with van der Waals surface area (Å²) in [6.07, 6.45) is 0. The predicted octanol–water partition coefficient (Wildman–Crippen LogP) is -0.393. The lowest BCUT2D eigenvalue weighted by atomic mass is 10.0. The number of hydrogen-bond acceptors (Lipinski definition) is 4. The molecule has 0 aromatic carbocycles. The molecule has 0 aromatic heterocycles. The Kier molecular flexibility index (Phi) is 5.95. The van der Waals surface area contributed by atoms with E-state index in [0.717, 1.165) is 19.6 Å². The van der Waals surface area contributed by atoms with Crippen LogP contribution >= 0.6 is 0 Å². The number of carbonyl (C=O) groups excluding carboxylic acids is 2. The molecule has 6 nitrogen and oxygen atoms in total. The van der Waals surface area contributed by atoms with Crippen molar-refractivity contribution in [2.45, 2.75) is 26.3 Å². The van der Waals surface area contributed by atoms with E-state index in [1.165, 1.54) is 0 Å². The van der Waals surface area contributed by atoms with Gasteiger partial charge in [-0.2, -0.15) is 0 Å². The Hall–Kier alpha value is -1.14. The maximum Gasteiger partial charge on any atom is 0.242 e. The van der Waals surface area contributed by atoms with Gasteiger partial charge in [0, 0.05) is 40.3 Å². The van der Waals surface area contributed by atoms with Crippen LogP contribution in [0.1, 0.15) is 20.8 Å². The van der Waals surface area contributed by atoms with Crippen LogP contribution in [-0.4, -0.2) is 85.4 Å². The zero-order chi connectivity index (χ0) is 15.3. The Labute approximate surface area is 122 Å². The largest absolute Gasteiger partial charge is 0.348 e. The molecule has 6 heteroatoms. The van der Waals surface area contributed by atoms with Gasteiger partial charge in [-0.25, -0.2) is 0 Å². The molecule has 0 spiro atoms. The summed E-state index contributed by atoms with van der Waals surface area (Å²) in [5.41, 5.74) is -0.517. The van der Waals surface area contributed by atoms with Crippen LogP contribution in [0.2, 0.25) is 0 Å². The Bertz CT molecular complexity index is 347. The third-order valence-electron chi connectivity index (χ3n) is 3.67. The fourth-order valence-electron chi connectivity index (χ4n) is 2.35. The number of likely N-dealkylation sites (N-methyl/N-ethyl adjacent to an activating group) is 2. The summed E-state index contributed by atoms with van der Waals surface area (Å²) >= 11 is 0. The Morgan fingerprint density at radius 2 is 1.70 bits per heavy atom. The summed E-state index contributed by atoms with van der Waals surface area (Å²) in [6.45, 7) is 9.94. The molecule has 1 rings (SSSR count). The summed E-state index contributed by atoms with van der Waals surface area (Å²) in [6, 6.07) is 0.